The third kappa shape index (κ3) is 23.9. The Morgan fingerprint density at radius 3 is 1.08 bits per heavy atom. The summed E-state index contributed by atoms with van der Waals surface area (Å²) in [6, 6.07) is 13.4. The van der Waals surface area contributed by atoms with Gasteiger partial charge in [0.15, 0.2) is 0 Å². The molecule has 0 aliphatic carbocycles. The number of benzene rings is 3. The Kier molecular flexibility index (Phi) is 28.2. The second-order valence-corrected chi connectivity index (χ2v) is 15.6. The molecule has 0 aromatic heterocycles. The van der Waals surface area contributed by atoms with Crippen LogP contribution in [0.15, 0.2) is 78.9 Å². The third-order valence-corrected chi connectivity index (χ3v) is 7.88. The number of carbonyl (C=O) groups is 5. The van der Waals surface area contributed by atoms with Crippen LogP contribution in [0.3, 0.4) is 0 Å². The zero-order valence-electron chi connectivity index (χ0n) is 38.0. The average Bonchev–Trinajstić information content (AvgIpc) is 3.09. The van der Waals surface area contributed by atoms with E-state index < -0.39 is 51.5 Å². The van der Waals surface area contributed by atoms with Gasteiger partial charge in [0.25, 0.3) is 0 Å². The van der Waals surface area contributed by atoms with E-state index in [-0.39, 0.29) is 81.4 Å². The maximum absolute atomic E-state index is 11.6. The van der Waals surface area contributed by atoms with Gasteiger partial charge >= 0.3 is 46.9 Å². The van der Waals surface area contributed by atoms with Gasteiger partial charge in [0.05, 0.1) is 47.8 Å². The molecule has 340 valence electrons. The number of allylic oxidation sites excluding steroid dienone is 1. The molecule has 3 aromatic carbocycles. The molecule has 0 saturated heterocycles. The van der Waals surface area contributed by atoms with E-state index >= 15 is 0 Å². The molecular weight excluding hydrogens is 904 g/mol. The van der Waals surface area contributed by atoms with Gasteiger partial charge in [-0.2, -0.15) is 0 Å². The van der Waals surface area contributed by atoms with Crippen LogP contribution in [0.5, 0.6) is 17.2 Å². The van der Waals surface area contributed by atoms with Crippen LogP contribution in [-0.4, -0.2) is 91.9 Å². The van der Waals surface area contributed by atoms with Crippen LogP contribution in [0.1, 0.15) is 119 Å². The van der Waals surface area contributed by atoms with Gasteiger partial charge in [-0.15, -0.1) is 0 Å². The van der Waals surface area contributed by atoms with Gasteiger partial charge in [-0.3, -0.25) is 9.59 Å². The maximum Gasteiger partial charge on any atom is 2.00 e. The van der Waals surface area contributed by atoms with E-state index in [0.29, 0.717) is 27.8 Å². The van der Waals surface area contributed by atoms with E-state index in [9.17, 15) is 49.5 Å². The molecule has 0 fully saturated rings. The van der Waals surface area contributed by atoms with Crippen molar-refractivity contribution in [1.29, 1.82) is 0 Å². The number of halogens is 2. The first-order valence-corrected chi connectivity index (χ1v) is 18.2. The molecular formula is C45H60BrClMgO14. The Labute approximate surface area is 396 Å². The van der Waals surface area contributed by atoms with Crippen molar-refractivity contribution in [1.82, 2.24) is 0 Å². The van der Waals surface area contributed by atoms with Crippen LogP contribution < -0.4 is 26.5 Å². The van der Waals surface area contributed by atoms with Crippen molar-refractivity contribution in [2.45, 2.75) is 98.6 Å². The van der Waals surface area contributed by atoms with Gasteiger partial charge in [-0.05, 0) is 158 Å². The normalized spacial score (nSPS) is 10.5. The van der Waals surface area contributed by atoms with Crippen molar-refractivity contribution in [3.63, 3.8) is 0 Å². The predicted octanol–water partition coefficient (Wildman–Crippen LogP) is 4.06. The monoisotopic (exact) mass is 962 g/mol. The third-order valence-electron chi connectivity index (χ3n) is 7.55. The first kappa shape index (κ1) is 64.5. The second kappa shape index (κ2) is 27.1. The van der Waals surface area contributed by atoms with Gasteiger partial charge in [-0.1, -0.05) is 13.2 Å². The van der Waals surface area contributed by atoms with E-state index in [0.717, 1.165) is 0 Å². The van der Waals surface area contributed by atoms with E-state index in [1.54, 1.807) is 93.5 Å². The Hall–Kier alpha value is -4.13. The number of esters is 4. The van der Waals surface area contributed by atoms with Crippen LogP contribution in [-0.2, 0) is 46.3 Å². The minimum absolute atomic E-state index is 0. The smallest absolute Gasteiger partial charge is 1.00 e. The Morgan fingerprint density at radius 1 is 0.548 bits per heavy atom. The SMILES string of the molecule is C=C(C)C(=O)Cl.C=C(C)C(=O)Oc1cc(C(C)(C)O)cc(C(C)(C)O)c1.CC(C)(O)c1cc(O)cc(C(C)(C)O)c1.COC(=O)c1cc(OC(C)=O)cc(C(=O)OC)c1.[Br-].[CH3-].[Mg+2]. The molecule has 0 bridgehead atoms. The second-order valence-electron chi connectivity index (χ2n) is 15.3. The summed E-state index contributed by atoms with van der Waals surface area (Å²) in [7, 11) is 2.41. The molecule has 0 radical (unpaired) electrons. The summed E-state index contributed by atoms with van der Waals surface area (Å²) in [6.45, 7) is 24.2. The molecule has 0 heterocycles. The van der Waals surface area contributed by atoms with Crippen LogP contribution in [0, 0.1) is 7.43 Å². The van der Waals surface area contributed by atoms with E-state index in [1.165, 1.54) is 51.5 Å². The number of methoxy groups -OCH3 is 2. The molecule has 14 nitrogen and oxygen atoms in total. The van der Waals surface area contributed by atoms with Crippen molar-refractivity contribution >= 4 is 63.8 Å². The number of aromatic hydroxyl groups is 1. The minimum atomic E-state index is -1.11. The molecule has 17 heteroatoms. The number of phenols is 1. The Bertz CT molecular complexity index is 1910. The van der Waals surface area contributed by atoms with E-state index in [1.807, 2.05) is 0 Å². The van der Waals surface area contributed by atoms with Crippen LogP contribution in [0.4, 0.5) is 0 Å². The molecule has 0 aliphatic heterocycles. The van der Waals surface area contributed by atoms with Crippen LogP contribution >= 0.6 is 11.6 Å². The van der Waals surface area contributed by atoms with Crippen molar-refractivity contribution < 1.29 is 85.4 Å². The van der Waals surface area contributed by atoms with Crippen molar-refractivity contribution in [2.24, 2.45) is 0 Å². The zero-order chi connectivity index (χ0) is 46.4. The fraction of sp³-hybridized carbons (Fsp3) is 0.378. The molecule has 0 atom stereocenters. The summed E-state index contributed by atoms with van der Waals surface area (Å²) in [6.07, 6.45) is 0. The summed E-state index contributed by atoms with van der Waals surface area (Å²) < 4.78 is 19.1. The fourth-order valence-electron chi connectivity index (χ4n) is 4.17. The van der Waals surface area contributed by atoms with Crippen molar-refractivity contribution in [2.75, 3.05) is 14.2 Å². The van der Waals surface area contributed by atoms with Crippen molar-refractivity contribution in [3.05, 3.63) is 120 Å². The Morgan fingerprint density at radius 2 is 0.839 bits per heavy atom. The van der Waals surface area contributed by atoms with E-state index in [4.69, 9.17) is 21.1 Å². The van der Waals surface area contributed by atoms with Crippen molar-refractivity contribution in [3.8, 4) is 17.2 Å². The summed E-state index contributed by atoms with van der Waals surface area (Å²) in [4.78, 5) is 55.1. The molecule has 0 spiro atoms. The molecule has 0 saturated carbocycles. The van der Waals surface area contributed by atoms with Crippen LogP contribution in [0.2, 0.25) is 0 Å². The van der Waals surface area contributed by atoms with Gasteiger partial charge in [-0.25, -0.2) is 14.4 Å². The summed E-state index contributed by atoms with van der Waals surface area (Å²) in [5, 5.41) is 48.9. The molecule has 0 amide bonds. The maximum atomic E-state index is 11.6. The quantitative estimate of drug-likeness (QED) is 0.0483. The first-order chi connectivity index (χ1) is 26.6. The molecule has 0 unspecified atom stereocenters. The summed E-state index contributed by atoms with van der Waals surface area (Å²) in [5.41, 5.74) is -1.13. The average molecular weight is 965 g/mol. The molecule has 3 rings (SSSR count). The van der Waals surface area contributed by atoms with E-state index in [2.05, 4.69) is 22.6 Å². The van der Waals surface area contributed by atoms with Gasteiger partial charge in [0.1, 0.15) is 17.2 Å². The van der Waals surface area contributed by atoms with Gasteiger partial charge < -0.3 is 68.9 Å². The number of hydrogen-bond acceptors (Lipinski definition) is 14. The fourth-order valence-corrected chi connectivity index (χ4v) is 4.17. The standard InChI is InChI=1S/C16H22O4.C12H12O6.C12H18O3.C4H5ClO.CH3.BrH.Mg/c1-10(2)14(17)20-13-8-11(15(3,4)18)7-12(9-13)16(5,6)19;1-7(13)18-10-5-8(11(14)16-2)4-9(6-10)12(15)17-3;1-11(2,14)8-5-9(12(3,4)15)7-10(13)6-8;1-3(2)4(5)6;;;/h7-9,18-19H,1H2,2-6H3;4-6H,1-3H3;5-7,13-15H,1-4H3;1H2,2H3;1H3;1H;/q;;;;-1;;+2/p-1. The number of hydrogen-bond donors (Lipinski definition) is 5. The predicted molar refractivity (Wildman–Crippen MR) is 234 cm³/mol. The summed E-state index contributed by atoms with van der Waals surface area (Å²) in [5.74, 6) is -2.00. The molecule has 3 aromatic rings. The molecule has 5 N–H and O–H groups in total. The topological polar surface area (TPSA) is 223 Å². The zero-order valence-corrected chi connectivity index (χ0v) is 41.7. The number of aliphatic hydroxyl groups is 4. The Balaban J connectivity index is -0.000000375. The van der Waals surface area contributed by atoms with Gasteiger partial charge in [0.2, 0.25) is 5.24 Å². The number of carbonyl (C=O) groups excluding carboxylic acids is 5. The number of phenolic OH excluding ortho intramolecular Hbond substituents is 1. The minimum Gasteiger partial charge on any atom is -1.00 e. The van der Waals surface area contributed by atoms with Crippen LogP contribution in [0.25, 0.3) is 0 Å². The largest absolute Gasteiger partial charge is 2.00 e. The molecule has 0 aliphatic rings. The molecule has 62 heavy (non-hydrogen) atoms. The number of ether oxygens (including phenoxy) is 4. The summed E-state index contributed by atoms with van der Waals surface area (Å²) >= 11 is 4.87. The first-order valence-electron chi connectivity index (χ1n) is 17.8. The number of rotatable bonds is 10. The van der Waals surface area contributed by atoms with Gasteiger partial charge in [0, 0.05) is 18.1 Å².